The number of aromatic nitrogens is 2. The molecule has 1 aromatic heterocycles. The molecule has 2 rings (SSSR count). The van der Waals surface area contributed by atoms with Gasteiger partial charge >= 0.3 is 0 Å². The molecule has 0 spiro atoms. The number of halogens is 2. The van der Waals surface area contributed by atoms with Crippen molar-refractivity contribution >= 4 is 11.6 Å². The highest BCUT2D eigenvalue weighted by Gasteiger charge is 2.04. The van der Waals surface area contributed by atoms with Crippen LogP contribution in [0.3, 0.4) is 0 Å². The van der Waals surface area contributed by atoms with E-state index in [4.69, 9.17) is 11.6 Å². The smallest absolute Gasteiger partial charge is 0.151 e. The maximum absolute atomic E-state index is 13.3. The summed E-state index contributed by atoms with van der Waals surface area (Å²) < 4.78 is 13.3. The van der Waals surface area contributed by atoms with Crippen LogP contribution in [0, 0.1) is 5.82 Å². The largest absolute Gasteiger partial charge is 0.206 e. The van der Waals surface area contributed by atoms with E-state index in [1.165, 1.54) is 6.07 Å². The van der Waals surface area contributed by atoms with Crippen LogP contribution in [0.25, 0.3) is 11.3 Å². The van der Waals surface area contributed by atoms with Crippen molar-refractivity contribution in [3.63, 3.8) is 0 Å². The average Bonchev–Trinajstić information content (AvgIpc) is 2.20. The van der Waals surface area contributed by atoms with Gasteiger partial charge in [0, 0.05) is 5.56 Å². The van der Waals surface area contributed by atoms with Crippen LogP contribution < -0.4 is 0 Å². The monoisotopic (exact) mass is 208 g/mol. The molecular formula is C10H6ClFN2. The Morgan fingerprint density at radius 1 is 1.00 bits per heavy atom. The molecule has 0 fully saturated rings. The van der Waals surface area contributed by atoms with Gasteiger partial charge in [0.1, 0.15) is 5.82 Å². The summed E-state index contributed by atoms with van der Waals surface area (Å²) in [5, 5.41) is 7.73. The summed E-state index contributed by atoms with van der Waals surface area (Å²) in [6.45, 7) is 0. The maximum Gasteiger partial charge on any atom is 0.151 e. The molecule has 1 heterocycles. The quantitative estimate of drug-likeness (QED) is 0.720. The van der Waals surface area contributed by atoms with E-state index >= 15 is 0 Å². The van der Waals surface area contributed by atoms with Crippen molar-refractivity contribution in [2.24, 2.45) is 0 Å². The molecule has 0 amide bonds. The summed E-state index contributed by atoms with van der Waals surface area (Å²) in [4.78, 5) is 0. The van der Waals surface area contributed by atoms with Crippen molar-refractivity contribution in [3.05, 3.63) is 47.4 Å². The van der Waals surface area contributed by atoms with E-state index in [2.05, 4.69) is 10.2 Å². The highest BCUT2D eigenvalue weighted by molar-refractivity contribution is 6.29. The fourth-order valence-corrected chi connectivity index (χ4v) is 1.23. The normalized spacial score (nSPS) is 10.1. The molecule has 0 saturated heterocycles. The van der Waals surface area contributed by atoms with Gasteiger partial charge in [-0.3, -0.25) is 0 Å². The van der Waals surface area contributed by atoms with Gasteiger partial charge in [-0.15, -0.1) is 10.2 Å². The van der Waals surface area contributed by atoms with Crippen molar-refractivity contribution in [2.45, 2.75) is 0 Å². The fourth-order valence-electron chi connectivity index (χ4n) is 1.13. The molecule has 0 N–H and O–H groups in total. The van der Waals surface area contributed by atoms with Crippen LogP contribution in [0.2, 0.25) is 5.15 Å². The topological polar surface area (TPSA) is 25.8 Å². The minimum atomic E-state index is -0.316. The van der Waals surface area contributed by atoms with E-state index in [0.29, 0.717) is 16.4 Å². The molecule has 0 aliphatic heterocycles. The molecule has 0 atom stereocenters. The van der Waals surface area contributed by atoms with E-state index in [-0.39, 0.29) is 5.82 Å². The summed E-state index contributed by atoms with van der Waals surface area (Å²) in [6, 6.07) is 9.61. The first-order valence-electron chi connectivity index (χ1n) is 4.01. The van der Waals surface area contributed by atoms with Gasteiger partial charge in [0.25, 0.3) is 0 Å². The molecule has 0 unspecified atom stereocenters. The van der Waals surface area contributed by atoms with Gasteiger partial charge in [-0.2, -0.15) is 0 Å². The van der Waals surface area contributed by atoms with Crippen molar-refractivity contribution < 1.29 is 4.39 Å². The van der Waals surface area contributed by atoms with Crippen LogP contribution in [-0.4, -0.2) is 10.2 Å². The second kappa shape index (κ2) is 3.72. The molecule has 0 radical (unpaired) electrons. The van der Waals surface area contributed by atoms with Gasteiger partial charge in [-0.25, -0.2) is 4.39 Å². The Labute approximate surface area is 85.4 Å². The van der Waals surface area contributed by atoms with Crippen LogP contribution in [0.4, 0.5) is 4.39 Å². The predicted octanol–water partition coefficient (Wildman–Crippen LogP) is 2.94. The Balaban J connectivity index is 2.50. The summed E-state index contributed by atoms with van der Waals surface area (Å²) in [6.07, 6.45) is 0. The molecular weight excluding hydrogens is 203 g/mol. The number of hydrogen-bond donors (Lipinski definition) is 0. The zero-order chi connectivity index (χ0) is 9.97. The summed E-state index contributed by atoms with van der Waals surface area (Å²) in [7, 11) is 0. The Hall–Kier alpha value is -1.48. The van der Waals surface area contributed by atoms with E-state index in [1.807, 2.05) is 0 Å². The molecule has 0 aliphatic rings. The lowest BCUT2D eigenvalue weighted by Crippen LogP contribution is -1.89. The first kappa shape index (κ1) is 9.09. The second-order valence-corrected chi connectivity index (χ2v) is 3.11. The van der Waals surface area contributed by atoms with Gasteiger partial charge < -0.3 is 0 Å². The van der Waals surface area contributed by atoms with Gasteiger partial charge in [-0.1, -0.05) is 23.7 Å². The maximum atomic E-state index is 13.3. The van der Waals surface area contributed by atoms with Gasteiger partial charge in [0.2, 0.25) is 0 Å². The van der Waals surface area contributed by atoms with Gasteiger partial charge in [-0.05, 0) is 24.3 Å². The summed E-state index contributed by atoms with van der Waals surface area (Å²) in [5.74, 6) is -0.316. The number of hydrogen-bond acceptors (Lipinski definition) is 2. The molecule has 70 valence electrons. The van der Waals surface area contributed by atoms with E-state index in [0.717, 1.165) is 0 Å². The van der Waals surface area contributed by atoms with E-state index in [9.17, 15) is 4.39 Å². The summed E-state index contributed by atoms with van der Waals surface area (Å²) >= 11 is 5.57. The second-order valence-electron chi connectivity index (χ2n) is 2.72. The molecule has 4 heteroatoms. The van der Waals surface area contributed by atoms with Crippen LogP contribution in [0.1, 0.15) is 0 Å². The lowest BCUT2D eigenvalue weighted by molar-refractivity contribution is 0.630. The highest BCUT2D eigenvalue weighted by atomic mass is 35.5. The van der Waals surface area contributed by atoms with Crippen LogP contribution in [0.5, 0.6) is 0 Å². The lowest BCUT2D eigenvalue weighted by Gasteiger charge is -2.00. The van der Waals surface area contributed by atoms with E-state index in [1.54, 1.807) is 30.3 Å². The highest BCUT2D eigenvalue weighted by Crippen LogP contribution is 2.19. The van der Waals surface area contributed by atoms with Crippen LogP contribution in [-0.2, 0) is 0 Å². The van der Waals surface area contributed by atoms with Crippen molar-refractivity contribution in [2.75, 3.05) is 0 Å². The number of benzene rings is 1. The van der Waals surface area contributed by atoms with Crippen molar-refractivity contribution in [1.82, 2.24) is 10.2 Å². The molecule has 0 saturated carbocycles. The standard InChI is InChI=1S/C10H6ClFN2/c11-10-6-5-9(13-14-10)7-3-1-2-4-8(7)12/h1-6H. The molecule has 2 nitrogen and oxygen atoms in total. The minimum Gasteiger partial charge on any atom is -0.206 e. The Morgan fingerprint density at radius 3 is 2.43 bits per heavy atom. The Kier molecular flexibility index (Phi) is 2.41. The third-order valence-electron chi connectivity index (χ3n) is 1.78. The SMILES string of the molecule is Fc1ccccc1-c1ccc(Cl)nn1. The third kappa shape index (κ3) is 1.72. The molecule has 1 aromatic carbocycles. The predicted molar refractivity (Wildman–Crippen MR) is 52.4 cm³/mol. The number of nitrogens with zero attached hydrogens (tertiary/aromatic N) is 2. The van der Waals surface area contributed by atoms with Gasteiger partial charge in [0.15, 0.2) is 5.15 Å². The molecule has 0 bridgehead atoms. The van der Waals surface area contributed by atoms with Crippen LogP contribution in [0.15, 0.2) is 36.4 Å². The zero-order valence-corrected chi connectivity index (χ0v) is 7.87. The van der Waals surface area contributed by atoms with Crippen LogP contribution >= 0.6 is 11.6 Å². The average molecular weight is 209 g/mol. The summed E-state index contributed by atoms with van der Waals surface area (Å²) in [5.41, 5.74) is 0.907. The van der Waals surface area contributed by atoms with Crippen molar-refractivity contribution in [3.8, 4) is 11.3 Å². The van der Waals surface area contributed by atoms with Crippen molar-refractivity contribution in [1.29, 1.82) is 0 Å². The Morgan fingerprint density at radius 2 is 1.79 bits per heavy atom. The molecule has 0 aliphatic carbocycles. The zero-order valence-electron chi connectivity index (χ0n) is 7.11. The number of rotatable bonds is 1. The lowest BCUT2D eigenvalue weighted by atomic mass is 10.1. The minimum absolute atomic E-state index is 0.296. The molecule has 14 heavy (non-hydrogen) atoms. The van der Waals surface area contributed by atoms with Gasteiger partial charge in [0.05, 0.1) is 5.69 Å². The Bertz CT molecular complexity index is 442. The first-order chi connectivity index (χ1) is 6.77. The van der Waals surface area contributed by atoms with E-state index < -0.39 is 0 Å². The fraction of sp³-hybridized carbons (Fsp3) is 0. The third-order valence-corrected chi connectivity index (χ3v) is 1.98. The molecule has 2 aromatic rings. The first-order valence-corrected chi connectivity index (χ1v) is 4.39.